The zero-order chi connectivity index (χ0) is 18.6. The van der Waals surface area contributed by atoms with Crippen LogP contribution in [-0.2, 0) is 13.1 Å². The van der Waals surface area contributed by atoms with E-state index in [1.807, 2.05) is 54.6 Å². The first-order valence-corrected chi connectivity index (χ1v) is 8.64. The molecular formula is C21H19N3O3. The molecule has 2 aromatic heterocycles. The van der Waals surface area contributed by atoms with E-state index in [0.29, 0.717) is 29.8 Å². The standard InChI is InChI=1S/C21H19N3O3/c1-26-16-10-8-15(9-11-16)24-20(14-22-13-17-5-4-12-27-17)23-19-7-3-2-6-18(19)21(24)25/h2-12,22H,13-14H2,1H3. The molecule has 0 amide bonds. The number of aromatic nitrogens is 2. The van der Waals surface area contributed by atoms with E-state index in [-0.39, 0.29) is 5.56 Å². The quantitative estimate of drug-likeness (QED) is 0.571. The Morgan fingerprint density at radius 3 is 2.59 bits per heavy atom. The van der Waals surface area contributed by atoms with E-state index in [0.717, 1.165) is 17.2 Å². The van der Waals surface area contributed by atoms with Gasteiger partial charge in [0.1, 0.15) is 17.3 Å². The molecule has 0 aliphatic rings. The lowest BCUT2D eigenvalue weighted by molar-refractivity contribution is 0.414. The Bertz CT molecular complexity index is 1100. The van der Waals surface area contributed by atoms with Crippen molar-refractivity contribution in [3.63, 3.8) is 0 Å². The minimum Gasteiger partial charge on any atom is -0.497 e. The average molecular weight is 361 g/mol. The van der Waals surface area contributed by atoms with Crippen molar-refractivity contribution in [1.82, 2.24) is 14.9 Å². The van der Waals surface area contributed by atoms with Gasteiger partial charge in [0.15, 0.2) is 0 Å². The summed E-state index contributed by atoms with van der Waals surface area (Å²) in [5.74, 6) is 2.20. The predicted molar refractivity (Wildman–Crippen MR) is 103 cm³/mol. The maximum Gasteiger partial charge on any atom is 0.266 e. The van der Waals surface area contributed by atoms with Gasteiger partial charge in [0.2, 0.25) is 0 Å². The number of methoxy groups -OCH3 is 1. The summed E-state index contributed by atoms with van der Waals surface area (Å²) in [6, 6.07) is 18.5. The second kappa shape index (κ2) is 7.47. The largest absolute Gasteiger partial charge is 0.497 e. The van der Waals surface area contributed by atoms with Crippen LogP contribution in [0.1, 0.15) is 11.6 Å². The Morgan fingerprint density at radius 2 is 1.85 bits per heavy atom. The molecule has 0 radical (unpaired) electrons. The number of para-hydroxylation sites is 1. The molecule has 1 N–H and O–H groups in total. The molecule has 0 fully saturated rings. The Balaban J connectivity index is 1.75. The third kappa shape index (κ3) is 3.47. The van der Waals surface area contributed by atoms with Crippen LogP contribution in [0.2, 0.25) is 0 Å². The highest BCUT2D eigenvalue weighted by Crippen LogP contribution is 2.17. The molecule has 0 spiro atoms. The summed E-state index contributed by atoms with van der Waals surface area (Å²) in [7, 11) is 1.61. The number of hydrogen-bond donors (Lipinski definition) is 1. The maximum atomic E-state index is 13.1. The summed E-state index contributed by atoms with van der Waals surface area (Å²) in [6.07, 6.45) is 1.64. The molecule has 0 aliphatic carbocycles. The number of furan rings is 1. The molecule has 4 rings (SSSR count). The third-order valence-corrected chi connectivity index (χ3v) is 4.34. The van der Waals surface area contributed by atoms with Crippen LogP contribution in [0.25, 0.3) is 16.6 Å². The van der Waals surface area contributed by atoms with E-state index in [1.165, 1.54) is 0 Å². The summed E-state index contributed by atoms with van der Waals surface area (Å²) >= 11 is 0. The van der Waals surface area contributed by atoms with Crippen LogP contribution in [0.15, 0.2) is 76.1 Å². The Labute approximate surface area is 156 Å². The predicted octanol–water partition coefficient (Wildman–Crippen LogP) is 3.28. The fourth-order valence-corrected chi connectivity index (χ4v) is 3.01. The molecule has 0 bridgehead atoms. The van der Waals surface area contributed by atoms with Gasteiger partial charge in [-0.25, -0.2) is 4.98 Å². The minimum absolute atomic E-state index is 0.0967. The first-order chi connectivity index (χ1) is 13.3. The van der Waals surface area contributed by atoms with E-state index in [9.17, 15) is 4.79 Å². The number of fused-ring (bicyclic) bond motifs is 1. The van der Waals surface area contributed by atoms with E-state index in [1.54, 1.807) is 24.0 Å². The van der Waals surface area contributed by atoms with Gasteiger partial charge in [-0.2, -0.15) is 0 Å². The van der Waals surface area contributed by atoms with Gasteiger partial charge < -0.3 is 14.5 Å². The fourth-order valence-electron chi connectivity index (χ4n) is 3.01. The molecule has 0 atom stereocenters. The fraction of sp³-hybridized carbons (Fsp3) is 0.143. The number of nitrogens with one attached hydrogen (secondary N) is 1. The lowest BCUT2D eigenvalue weighted by Gasteiger charge is -2.14. The topological polar surface area (TPSA) is 69.3 Å². The van der Waals surface area contributed by atoms with Gasteiger partial charge in [0, 0.05) is 0 Å². The number of rotatable bonds is 6. The molecule has 136 valence electrons. The molecule has 2 heterocycles. The molecule has 0 unspecified atom stereocenters. The highest BCUT2D eigenvalue weighted by Gasteiger charge is 2.12. The zero-order valence-corrected chi connectivity index (χ0v) is 14.9. The highest BCUT2D eigenvalue weighted by atomic mass is 16.5. The van der Waals surface area contributed by atoms with Crippen molar-refractivity contribution in [1.29, 1.82) is 0 Å². The maximum absolute atomic E-state index is 13.1. The van der Waals surface area contributed by atoms with Crippen LogP contribution in [0, 0.1) is 0 Å². The van der Waals surface area contributed by atoms with Crippen LogP contribution in [0.5, 0.6) is 5.75 Å². The van der Waals surface area contributed by atoms with Crippen molar-refractivity contribution in [2.24, 2.45) is 0 Å². The van der Waals surface area contributed by atoms with Gasteiger partial charge >= 0.3 is 0 Å². The molecule has 0 saturated heterocycles. The monoisotopic (exact) mass is 361 g/mol. The zero-order valence-electron chi connectivity index (χ0n) is 14.9. The average Bonchev–Trinajstić information content (AvgIpc) is 3.22. The Morgan fingerprint density at radius 1 is 1.04 bits per heavy atom. The molecule has 6 nitrogen and oxygen atoms in total. The highest BCUT2D eigenvalue weighted by molar-refractivity contribution is 5.77. The molecular weight excluding hydrogens is 342 g/mol. The van der Waals surface area contributed by atoms with Crippen molar-refractivity contribution >= 4 is 10.9 Å². The van der Waals surface area contributed by atoms with E-state index in [4.69, 9.17) is 14.1 Å². The summed E-state index contributed by atoms with van der Waals surface area (Å²) in [5, 5.41) is 3.87. The van der Waals surface area contributed by atoms with Gasteiger partial charge in [-0.1, -0.05) is 12.1 Å². The minimum atomic E-state index is -0.0967. The normalized spacial score (nSPS) is 11.0. The molecule has 2 aromatic carbocycles. The van der Waals surface area contributed by atoms with Gasteiger partial charge in [0.05, 0.1) is 43.1 Å². The van der Waals surface area contributed by atoms with Crippen molar-refractivity contribution in [2.75, 3.05) is 7.11 Å². The third-order valence-electron chi connectivity index (χ3n) is 4.34. The molecule has 0 saturated carbocycles. The van der Waals surface area contributed by atoms with E-state index in [2.05, 4.69) is 5.32 Å². The number of ether oxygens (including phenoxy) is 1. The first-order valence-electron chi connectivity index (χ1n) is 8.64. The summed E-state index contributed by atoms with van der Waals surface area (Å²) < 4.78 is 12.2. The van der Waals surface area contributed by atoms with Gasteiger partial charge in [-0.3, -0.25) is 9.36 Å². The second-order valence-corrected chi connectivity index (χ2v) is 6.07. The van der Waals surface area contributed by atoms with Crippen LogP contribution in [0.4, 0.5) is 0 Å². The van der Waals surface area contributed by atoms with Crippen molar-refractivity contribution in [3.05, 3.63) is 88.9 Å². The number of benzene rings is 2. The van der Waals surface area contributed by atoms with Gasteiger partial charge in [-0.05, 0) is 48.5 Å². The van der Waals surface area contributed by atoms with Crippen LogP contribution < -0.4 is 15.6 Å². The second-order valence-electron chi connectivity index (χ2n) is 6.07. The smallest absolute Gasteiger partial charge is 0.266 e. The lowest BCUT2D eigenvalue weighted by atomic mass is 10.2. The Kier molecular flexibility index (Phi) is 4.72. The molecule has 4 aromatic rings. The van der Waals surface area contributed by atoms with Gasteiger partial charge in [-0.15, -0.1) is 0 Å². The SMILES string of the molecule is COc1ccc(-n2c(CNCc3ccco3)nc3ccccc3c2=O)cc1. The Hall–Kier alpha value is -3.38. The molecule has 0 aliphatic heterocycles. The van der Waals surface area contributed by atoms with Crippen molar-refractivity contribution < 1.29 is 9.15 Å². The number of hydrogen-bond acceptors (Lipinski definition) is 5. The van der Waals surface area contributed by atoms with E-state index < -0.39 is 0 Å². The van der Waals surface area contributed by atoms with Crippen LogP contribution >= 0.6 is 0 Å². The summed E-state index contributed by atoms with van der Waals surface area (Å²) in [5.41, 5.74) is 1.33. The molecule has 6 heteroatoms. The van der Waals surface area contributed by atoms with Crippen molar-refractivity contribution in [2.45, 2.75) is 13.1 Å². The number of nitrogens with zero attached hydrogens (tertiary/aromatic N) is 2. The van der Waals surface area contributed by atoms with Crippen LogP contribution in [0.3, 0.4) is 0 Å². The van der Waals surface area contributed by atoms with Gasteiger partial charge in [0.25, 0.3) is 5.56 Å². The van der Waals surface area contributed by atoms with E-state index >= 15 is 0 Å². The summed E-state index contributed by atoms with van der Waals surface area (Å²) in [6.45, 7) is 0.977. The first kappa shape index (κ1) is 17.1. The van der Waals surface area contributed by atoms with Crippen molar-refractivity contribution in [3.8, 4) is 11.4 Å². The summed E-state index contributed by atoms with van der Waals surface area (Å²) in [4.78, 5) is 17.9. The lowest BCUT2D eigenvalue weighted by Crippen LogP contribution is -2.27. The van der Waals surface area contributed by atoms with Crippen LogP contribution in [-0.4, -0.2) is 16.7 Å². The molecule has 27 heavy (non-hydrogen) atoms.